The number of piperidine rings is 1. The summed E-state index contributed by atoms with van der Waals surface area (Å²) in [5.74, 6) is 1.28. The molecule has 0 bridgehead atoms. The molecular formula is C19H35NO2S. The molecule has 0 aromatic rings. The van der Waals surface area contributed by atoms with Crippen molar-refractivity contribution in [3.8, 4) is 0 Å². The molecule has 0 aromatic carbocycles. The van der Waals surface area contributed by atoms with E-state index in [1.807, 2.05) is 23.4 Å². The summed E-state index contributed by atoms with van der Waals surface area (Å²) in [6, 6.07) is 0. The lowest BCUT2D eigenvalue weighted by Crippen LogP contribution is -2.37. The fourth-order valence-electron chi connectivity index (χ4n) is 2.04. The van der Waals surface area contributed by atoms with E-state index in [9.17, 15) is 9.32 Å². The lowest BCUT2D eigenvalue weighted by atomic mass is 10.0. The SMILES string of the molecule is C=C(/C=C\C(=C/C)C(C)C)S(=O)N1CCC(O)CC1.CC(C)C. The third-order valence-electron chi connectivity index (χ3n) is 3.34. The number of rotatable bonds is 5. The van der Waals surface area contributed by atoms with Crippen LogP contribution in [0.2, 0.25) is 0 Å². The van der Waals surface area contributed by atoms with Gasteiger partial charge in [-0.25, -0.2) is 8.51 Å². The Morgan fingerprint density at radius 1 is 1.17 bits per heavy atom. The van der Waals surface area contributed by atoms with Gasteiger partial charge in [0.1, 0.15) is 11.0 Å². The molecule has 0 radical (unpaired) electrons. The van der Waals surface area contributed by atoms with Gasteiger partial charge in [0, 0.05) is 18.0 Å². The van der Waals surface area contributed by atoms with Crippen molar-refractivity contribution in [3.05, 3.63) is 35.3 Å². The summed E-state index contributed by atoms with van der Waals surface area (Å²) in [5.41, 5.74) is 1.22. The number of hydrogen-bond acceptors (Lipinski definition) is 2. The van der Waals surface area contributed by atoms with Crippen molar-refractivity contribution in [1.29, 1.82) is 0 Å². The molecule has 0 saturated carbocycles. The van der Waals surface area contributed by atoms with E-state index in [0.29, 0.717) is 36.8 Å². The molecule has 3 nitrogen and oxygen atoms in total. The molecule has 1 heterocycles. The van der Waals surface area contributed by atoms with Gasteiger partial charge in [-0.2, -0.15) is 0 Å². The molecule has 4 heteroatoms. The van der Waals surface area contributed by atoms with Crippen LogP contribution in [-0.2, 0) is 11.0 Å². The van der Waals surface area contributed by atoms with Crippen molar-refractivity contribution in [2.75, 3.05) is 13.1 Å². The zero-order valence-corrected chi connectivity index (χ0v) is 16.5. The van der Waals surface area contributed by atoms with Crippen LogP contribution in [0.5, 0.6) is 0 Å². The minimum atomic E-state index is -1.18. The molecule has 0 aromatic heterocycles. The first kappa shape index (κ1) is 22.3. The number of aliphatic hydroxyl groups is 1. The third-order valence-corrected chi connectivity index (χ3v) is 4.76. The predicted molar refractivity (Wildman–Crippen MR) is 102 cm³/mol. The maximum absolute atomic E-state index is 12.3. The van der Waals surface area contributed by atoms with Crippen LogP contribution in [0.4, 0.5) is 0 Å². The normalized spacial score (nSPS) is 19.1. The van der Waals surface area contributed by atoms with E-state index in [2.05, 4.69) is 47.3 Å². The summed E-state index contributed by atoms with van der Waals surface area (Å²) in [4.78, 5) is 0.622. The molecular weight excluding hydrogens is 306 g/mol. The second kappa shape index (κ2) is 11.8. The van der Waals surface area contributed by atoms with E-state index in [1.54, 1.807) is 0 Å². The largest absolute Gasteiger partial charge is 0.393 e. The van der Waals surface area contributed by atoms with Gasteiger partial charge >= 0.3 is 0 Å². The quantitative estimate of drug-likeness (QED) is 0.751. The van der Waals surface area contributed by atoms with Gasteiger partial charge in [0.25, 0.3) is 0 Å². The Morgan fingerprint density at radius 2 is 1.65 bits per heavy atom. The molecule has 1 saturated heterocycles. The Morgan fingerprint density at radius 3 is 2.04 bits per heavy atom. The van der Waals surface area contributed by atoms with Gasteiger partial charge in [-0.15, -0.1) is 0 Å². The average Bonchev–Trinajstić information content (AvgIpc) is 2.46. The number of aliphatic hydroxyl groups excluding tert-OH is 1. The summed E-state index contributed by atoms with van der Waals surface area (Å²) >= 11 is 0. The van der Waals surface area contributed by atoms with Gasteiger partial charge in [-0.05, 0) is 43.3 Å². The van der Waals surface area contributed by atoms with Crippen molar-refractivity contribution in [3.63, 3.8) is 0 Å². The highest BCUT2D eigenvalue weighted by molar-refractivity contribution is 7.86. The Hall–Kier alpha value is -0.710. The monoisotopic (exact) mass is 341 g/mol. The summed E-state index contributed by atoms with van der Waals surface area (Å²) in [5, 5.41) is 9.45. The fraction of sp³-hybridized carbons (Fsp3) is 0.684. The van der Waals surface area contributed by atoms with Crippen LogP contribution in [0.25, 0.3) is 0 Å². The molecule has 1 fully saturated rings. The van der Waals surface area contributed by atoms with E-state index in [1.165, 1.54) is 5.57 Å². The van der Waals surface area contributed by atoms with Crippen molar-refractivity contribution in [2.45, 2.75) is 60.5 Å². The minimum Gasteiger partial charge on any atom is -0.393 e. The lowest BCUT2D eigenvalue weighted by Gasteiger charge is -2.28. The second-order valence-electron chi connectivity index (χ2n) is 6.88. The van der Waals surface area contributed by atoms with Crippen LogP contribution in [0.15, 0.2) is 35.3 Å². The Kier molecular flexibility index (Phi) is 11.4. The molecule has 1 unspecified atom stereocenters. The first-order chi connectivity index (χ1) is 10.7. The minimum absolute atomic E-state index is 0.243. The van der Waals surface area contributed by atoms with Crippen molar-refractivity contribution in [1.82, 2.24) is 4.31 Å². The zero-order valence-electron chi connectivity index (χ0n) is 15.7. The van der Waals surface area contributed by atoms with Crippen LogP contribution < -0.4 is 0 Å². The maximum Gasteiger partial charge on any atom is 0.126 e. The number of hydrogen-bond donors (Lipinski definition) is 1. The van der Waals surface area contributed by atoms with Crippen molar-refractivity contribution >= 4 is 11.0 Å². The van der Waals surface area contributed by atoms with Crippen LogP contribution in [0.1, 0.15) is 54.4 Å². The highest BCUT2D eigenvalue weighted by Crippen LogP contribution is 2.17. The smallest absolute Gasteiger partial charge is 0.126 e. The zero-order chi connectivity index (χ0) is 18.0. The second-order valence-corrected chi connectivity index (χ2v) is 8.42. The summed E-state index contributed by atoms with van der Waals surface area (Å²) in [7, 11) is -1.18. The molecule has 0 spiro atoms. The highest BCUT2D eigenvalue weighted by Gasteiger charge is 2.22. The molecule has 23 heavy (non-hydrogen) atoms. The third kappa shape index (κ3) is 9.90. The first-order valence-corrected chi connectivity index (χ1v) is 9.67. The maximum atomic E-state index is 12.3. The van der Waals surface area contributed by atoms with Crippen LogP contribution in [0.3, 0.4) is 0 Å². The van der Waals surface area contributed by atoms with Crippen LogP contribution >= 0.6 is 0 Å². The van der Waals surface area contributed by atoms with E-state index in [-0.39, 0.29) is 6.10 Å². The molecule has 134 valence electrons. The Bertz CT molecular complexity index is 428. The van der Waals surface area contributed by atoms with Gasteiger partial charge in [-0.3, -0.25) is 0 Å². The van der Waals surface area contributed by atoms with Crippen LogP contribution in [-0.4, -0.2) is 32.8 Å². The highest BCUT2D eigenvalue weighted by atomic mass is 32.2. The van der Waals surface area contributed by atoms with E-state index in [4.69, 9.17) is 0 Å². The van der Waals surface area contributed by atoms with Gasteiger partial charge in [-0.1, -0.05) is 53.3 Å². The molecule has 1 aliphatic rings. The molecule has 1 N–H and O–H groups in total. The first-order valence-electron chi connectivity index (χ1n) is 8.57. The number of allylic oxidation sites excluding steroid dienone is 4. The van der Waals surface area contributed by atoms with Crippen LogP contribution in [0, 0.1) is 11.8 Å². The van der Waals surface area contributed by atoms with E-state index < -0.39 is 11.0 Å². The topological polar surface area (TPSA) is 40.5 Å². The predicted octanol–water partition coefficient (Wildman–Crippen LogP) is 4.44. The van der Waals surface area contributed by atoms with Gasteiger partial charge in [0.05, 0.1) is 6.10 Å². The standard InChI is InChI=1S/C15H25NO2S.C4H10/c1-5-14(12(2)3)7-6-13(4)19(18)16-10-8-15(17)9-11-16;1-4(2)3/h5-7,12,15,17H,4,8-11H2,1-3H3;4H,1-3H3/b7-6-,14-5+;. The summed E-state index contributed by atoms with van der Waals surface area (Å²) in [6.45, 7) is 18.0. The van der Waals surface area contributed by atoms with Crippen molar-refractivity contribution in [2.24, 2.45) is 11.8 Å². The lowest BCUT2D eigenvalue weighted by molar-refractivity contribution is 0.115. The fourth-order valence-corrected chi connectivity index (χ4v) is 3.10. The van der Waals surface area contributed by atoms with Crippen molar-refractivity contribution < 1.29 is 9.32 Å². The summed E-state index contributed by atoms with van der Waals surface area (Å²) < 4.78 is 14.1. The number of nitrogens with zero attached hydrogens (tertiary/aromatic N) is 1. The van der Waals surface area contributed by atoms with Gasteiger partial charge in [0.2, 0.25) is 0 Å². The van der Waals surface area contributed by atoms with Gasteiger partial charge < -0.3 is 5.11 Å². The molecule has 1 rings (SSSR count). The summed E-state index contributed by atoms with van der Waals surface area (Å²) in [6.07, 6.45) is 7.03. The Balaban J connectivity index is 0.00000108. The molecule has 0 aliphatic carbocycles. The van der Waals surface area contributed by atoms with E-state index >= 15 is 0 Å². The van der Waals surface area contributed by atoms with E-state index in [0.717, 1.165) is 5.92 Å². The molecule has 0 amide bonds. The molecule has 1 atom stereocenters. The molecule has 1 aliphatic heterocycles. The van der Waals surface area contributed by atoms with Gasteiger partial charge in [0.15, 0.2) is 0 Å². The average molecular weight is 342 g/mol. The Labute approximate surface area is 145 Å².